The molecule has 0 fully saturated rings. The molecule has 108 valence electrons. The van der Waals surface area contributed by atoms with E-state index in [4.69, 9.17) is 23.2 Å². The predicted octanol–water partition coefficient (Wildman–Crippen LogP) is 4.78. The molecular formula is C15H17BrCl2N2. The Morgan fingerprint density at radius 2 is 2.10 bits per heavy atom. The lowest BCUT2D eigenvalue weighted by molar-refractivity contribution is 0.550. The van der Waals surface area contributed by atoms with Gasteiger partial charge in [-0.2, -0.15) is 5.10 Å². The first kappa shape index (κ1) is 15.9. The monoisotopic (exact) mass is 374 g/mol. The molecule has 0 amide bonds. The summed E-state index contributed by atoms with van der Waals surface area (Å²) in [6.45, 7) is 2.00. The lowest BCUT2D eigenvalue weighted by Gasteiger charge is -2.15. The van der Waals surface area contributed by atoms with Gasteiger partial charge < -0.3 is 0 Å². The van der Waals surface area contributed by atoms with E-state index in [0.717, 1.165) is 28.0 Å². The fourth-order valence-electron chi connectivity index (χ4n) is 2.35. The van der Waals surface area contributed by atoms with E-state index in [1.165, 1.54) is 11.3 Å². The standard InChI is InChI=1S/C15H17BrCl2N2/c1-10-15(16)14(20(2)19-10)8-12(9-17)6-11-4-3-5-13(18)7-11/h3-5,7,12H,6,8-9H2,1-2H3. The number of benzene rings is 1. The summed E-state index contributed by atoms with van der Waals surface area (Å²) in [5.74, 6) is 0.977. The van der Waals surface area contributed by atoms with Crippen molar-refractivity contribution in [3.63, 3.8) is 0 Å². The van der Waals surface area contributed by atoms with Crippen LogP contribution in [0.5, 0.6) is 0 Å². The third-order valence-electron chi connectivity index (χ3n) is 3.38. The van der Waals surface area contributed by atoms with E-state index in [-0.39, 0.29) is 0 Å². The molecule has 1 aromatic heterocycles. The van der Waals surface area contributed by atoms with Crippen molar-refractivity contribution >= 4 is 39.1 Å². The van der Waals surface area contributed by atoms with Gasteiger partial charge in [-0.15, -0.1) is 11.6 Å². The van der Waals surface area contributed by atoms with E-state index in [9.17, 15) is 0 Å². The number of aryl methyl sites for hydroxylation is 2. The first-order valence-electron chi connectivity index (χ1n) is 6.49. The average molecular weight is 376 g/mol. The van der Waals surface area contributed by atoms with Gasteiger partial charge in [-0.3, -0.25) is 4.68 Å². The van der Waals surface area contributed by atoms with Gasteiger partial charge in [-0.25, -0.2) is 0 Å². The van der Waals surface area contributed by atoms with E-state index in [2.05, 4.69) is 27.1 Å². The second-order valence-electron chi connectivity index (χ2n) is 5.03. The topological polar surface area (TPSA) is 17.8 Å². The molecule has 0 aliphatic carbocycles. The van der Waals surface area contributed by atoms with Crippen molar-refractivity contribution in [2.75, 3.05) is 5.88 Å². The van der Waals surface area contributed by atoms with E-state index in [0.29, 0.717) is 11.8 Å². The zero-order chi connectivity index (χ0) is 14.7. The van der Waals surface area contributed by atoms with E-state index in [1.807, 2.05) is 36.9 Å². The molecule has 20 heavy (non-hydrogen) atoms. The van der Waals surface area contributed by atoms with Crippen molar-refractivity contribution in [3.05, 3.63) is 50.7 Å². The predicted molar refractivity (Wildman–Crippen MR) is 88.7 cm³/mol. The third-order valence-corrected chi connectivity index (χ3v) is 5.08. The summed E-state index contributed by atoms with van der Waals surface area (Å²) < 4.78 is 3.01. The summed E-state index contributed by atoms with van der Waals surface area (Å²) in [7, 11) is 1.97. The van der Waals surface area contributed by atoms with Crippen LogP contribution in [0.15, 0.2) is 28.7 Å². The number of hydrogen-bond acceptors (Lipinski definition) is 1. The normalized spacial score (nSPS) is 12.7. The summed E-state index contributed by atoms with van der Waals surface area (Å²) in [4.78, 5) is 0. The number of rotatable bonds is 5. The van der Waals surface area contributed by atoms with Crippen molar-refractivity contribution in [1.29, 1.82) is 0 Å². The Morgan fingerprint density at radius 3 is 2.65 bits per heavy atom. The number of halogens is 3. The Balaban J connectivity index is 2.13. The second kappa shape index (κ2) is 6.97. The lowest BCUT2D eigenvalue weighted by Crippen LogP contribution is -2.13. The quantitative estimate of drug-likeness (QED) is 0.687. The highest BCUT2D eigenvalue weighted by molar-refractivity contribution is 9.10. The Kier molecular flexibility index (Phi) is 5.53. The molecule has 0 bridgehead atoms. The van der Waals surface area contributed by atoms with Gasteiger partial charge in [0.05, 0.1) is 15.9 Å². The van der Waals surface area contributed by atoms with Crippen LogP contribution in [0.1, 0.15) is 17.0 Å². The van der Waals surface area contributed by atoms with Crippen LogP contribution >= 0.6 is 39.1 Å². The number of nitrogens with zero attached hydrogens (tertiary/aromatic N) is 2. The van der Waals surface area contributed by atoms with E-state index >= 15 is 0 Å². The van der Waals surface area contributed by atoms with Gasteiger partial charge in [0, 0.05) is 18.0 Å². The van der Waals surface area contributed by atoms with Crippen molar-refractivity contribution in [1.82, 2.24) is 9.78 Å². The van der Waals surface area contributed by atoms with Gasteiger partial charge in [0.15, 0.2) is 0 Å². The zero-order valence-corrected chi connectivity index (χ0v) is 14.6. The number of aromatic nitrogens is 2. The van der Waals surface area contributed by atoms with E-state index in [1.54, 1.807) is 0 Å². The molecule has 2 rings (SSSR count). The molecule has 5 heteroatoms. The number of alkyl halides is 1. The molecule has 1 atom stereocenters. The minimum atomic E-state index is 0.362. The minimum Gasteiger partial charge on any atom is -0.271 e. The van der Waals surface area contributed by atoms with Crippen LogP contribution < -0.4 is 0 Å². The maximum Gasteiger partial charge on any atom is 0.0738 e. The molecule has 0 N–H and O–H groups in total. The van der Waals surface area contributed by atoms with Gasteiger partial charge in [-0.05, 0) is 59.3 Å². The molecule has 2 nitrogen and oxygen atoms in total. The Hall–Kier alpha value is -0.510. The van der Waals surface area contributed by atoms with Crippen LogP contribution in [-0.2, 0) is 19.9 Å². The smallest absolute Gasteiger partial charge is 0.0738 e. The SMILES string of the molecule is Cc1nn(C)c(CC(CCl)Cc2cccc(Cl)c2)c1Br. The maximum atomic E-state index is 6.14. The molecule has 0 aliphatic rings. The summed E-state index contributed by atoms with van der Waals surface area (Å²) in [5, 5.41) is 5.20. The van der Waals surface area contributed by atoms with Crippen molar-refractivity contribution < 1.29 is 0 Å². The van der Waals surface area contributed by atoms with Crippen LogP contribution in [0, 0.1) is 12.8 Å². The molecule has 0 radical (unpaired) electrons. The van der Waals surface area contributed by atoms with Crippen LogP contribution in [-0.4, -0.2) is 15.7 Å². The van der Waals surface area contributed by atoms with Gasteiger partial charge in [0.1, 0.15) is 0 Å². The molecule has 1 aromatic carbocycles. The molecular weight excluding hydrogens is 359 g/mol. The molecule has 1 unspecified atom stereocenters. The highest BCUT2D eigenvalue weighted by Crippen LogP contribution is 2.25. The Bertz CT molecular complexity index is 596. The first-order chi connectivity index (χ1) is 9.51. The minimum absolute atomic E-state index is 0.362. The van der Waals surface area contributed by atoms with Crippen LogP contribution in [0.3, 0.4) is 0 Å². The largest absolute Gasteiger partial charge is 0.271 e. The van der Waals surface area contributed by atoms with E-state index < -0.39 is 0 Å². The van der Waals surface area contributed by atoms with Gasteiger partial charge in [0.2, 0.25) is 0 Å². The molecule has 0 saturated heterocycles. The number of hydrogen-bond donors (Lipinski definition) is 0. The summed E-state index contributed by atoms with van der Waals surface area (Å²) in [6, 6.07) is 7.97. The summed E-state index contributed by atoms with van der Waals surface area (Å²) in [5.41, 5.74) is 3.42. The fraction of sp³-hybridized carbons (Fsp3) is 0.400. The lowest BCUT2D eigenvalue weighted by atomic mass is 9.96. The Morgan fingerprint density at radius 1 is 1.35 bits per heavy atom. The first-order valence-corrected chi connectivity index (χ1v) is 8.20. The molecule has 2 aromatic rings. The van der Waals surface area contributed by atoms with Gasteiger partial charge in [0.25, 0.3) is 0 Å². The third kappa shape index (κ3) is 3.78. The van der Waals surface area contributed by atoms with Crippen LogP contribution in [0.25, 0.3) is 0 Å². The van der Waals surface area contributed by atoms with Crippen LogP contribution in [0.2, 0.25) is 5.02 Å². The maximum absolute atomic E-state index is 6.14. The highest BCUT2D eigenvalue weighted by Gasteiger charge is 2.17. The molecule has 0 saturated carbocycles. The van der Waals surface area contributed by atoms with Gasteiger partial charge in [-0.1, -0.05) is 23.7 Å². The zero-order valence-electron chi connectivity index (χ0n) is 11.5. The fourth-order valence-corrected chi connectivity index (χ4v) is 3.28. The van der Waals surface area contributed by atoms with Crippen molar-refractivity contribution in [3.8, 4) is 0 Å². The van der Waals surface area contributed by atoms with Crippen molar-refractivity contribution in [2.24, 2.45) is 13.0 Å². The average Bonchev–Trinajstić information content (AvgIpc) is 2.64. The molecule has 0 aliphatic heterocycles. The highest BCUT2D eigenvalue weighted by atomic mass is 79.9. The summed E-state index contributed by atoms with van der Waals surface area (Å²) >= 11 is 15.8. The summed E-state index contributed by atoms with van der Waals surface area (Å²) in [6.07, 6.45) is 1.81. The van der Waals surface area contributed by atoms with Crippen molar-refractivity contribution in [2.45, 2.75) is 19.8 Å². The Labute approximate surface area is 138 Å². The molecule has 1 heterocycles. The molecule has 0 spiro atoms. The second-order valence-corrected chi connectivity index (χ2v) is 6.57. The van der Waals surface area contributed by atoms with Gasteiger partial charge >= 0.3 is 0 Å². The van der Waals surface area contributed by atoms with Crippen LogP contribution in [0.4, 0.5) is 0 Å².